The lowest BCUT2D eigenvalue weighted by Crippen LogP contribution is -2.53. The summed E-state index contributed by atoms with van der Waals surface area (Å²) in [5.41, 5.74) is 0.888. The molecule has 0 spiro atoms. The Hall–Kier alpha value is -1.38. The second-order valence-corrected chi connectivity index (χ2v) is 6.74. The molecule has 4 rings (SSSR count). The molecular weight excluding hydrogens is 258 g/mol. The molecule has 1 saturated heterocycles. The molecule has 1 aliphatic carbocycles. The average Bonchev–Trinajstić information content (AvgIpc) is 2.53. The zero-order valence-electron chi connectivity index (χ0n) is 12.4. The standard InChI is InChI=1S/C19H23NO/c21-19-10-4-3-7-17(19)18(20-12-11-19)16-9-8-14-5-1-2-6-15(14)13-16/h1-2,5-6,8-9,13,17-18,20-21H,3-4,7,10-12H2/t17-,18-,19+/m1/s1. The number of hydrogen-bond acceptors (Lipinski definition) is 2. The van der Waals surface area contributed by atoms with E-state index in [0.29, 0.717) is 12.0 Å². The largest absolute Gasteiger partial charge is 0.389 e. The van der Waals surface area contributed by atoms with Crippen LogP contribution >= 0.6 is 0 Å². The fourth-order valence-corrected chi connectivity index (χ4v) is 4.37. The van der Waals surface area contributed by atoms with Gasteiger partial charge in [-0.15, -0.1) is 0 Å². The minimum atomic E-state index is -0.445. The summed E-state index contributed by atoms with van der Waals surface area (Å²) in [6, 6.07) is 15.6. The van der Waals surface area contributed by atoms with Crippen LogP contribution < -0.4 is 5.32 Å². The van der Waals surface area contributed by atoms with Crippen molar-refractivity contribution in [3.8, 4) is 0 Å². The predicted octanol–water partition coefficient (Wildman–Crippen LogP) is 3.80. The smallest absolute Gasteiger partial charge is 0.0706 e. The van der Waals surface area contributed by atoms with Crippen molar-refractivity contribution in [1.82, 2.24) is 5.32 Å². The van der Waals surface area contributed by atoms with Gasteiger partial charge in [-0.25, -0.2) is 0 Å². The molecule has 0 aromatic heterocycles. The molecule has 2 aromatic rings. The topological polar surface area (TPSA) is 32.3 Å². The maximum absolute atomic E-state index is 11.0. The van der Waals surface area contributed by atoms with Crippen LogP contribution in [0.3, 0.4) is 0 Å². The minimum Gasteiger partial charge on any atom is -0.389 e. The van der Waals surface area contributed by atoms with Crippen LogP contribution in [-0.2, 0) is 0 Å². The van der Waals surface area contributed by atoms with Gasteiger partial charge in [-0.05, 0) is 48.2 Å². The number of piperidine rings is 1. The Morgan fingerprint density at radius 1 is 1.00 bits per heavy atom. The Bertz CT molecular complexity index is 649. The number of rotatable bonds is 1. The summed E-state index contributed by atoms with van der Waals surface area (Å²) in [6.45, 7) is 0.921. The minimum absolute atomic E-state index is 0.300. The van der Waals surface area contributed by atoms with Crippen molar-refractivity contribution in [2.45, 2.75) is 43.7 Å². The summed E-state index contributed by atoms with van der Waals surface area (Å²) in [6.07, 6.45) is 5.45. The van der Waals surface area contributed by atoms with Crippen LogP contribution in [0.15, 0.2) is 42.5 Å². The highest BCUT2D eigenvalue weighted by Gasteiger charge is 2.45. The summed E-state index contributed by atoms with van der Waals surface area (Å²) in [5, 5.41) is 17.2. The summed E-state index contributed by atoms with van der Waals surface area (Å²) in [4.78, 5) is 0. The fourth-order valence-electron chi connectivity index (χ4n) is 4.37. The highest BCUT2D eigenvalue weighted by Crippen LogP contribution is 2.45. The number of benzene rings is 2. The van der Waals surface area contributed by atoms with Crippen molar-refractivity contribution in [2.75, 3.05) is 6.54 Å². The summed E-state index contributed by atoms with van der Waals surface area (Å²) >= 11 is 0. The van der Waals surface area contributed by atoms with Gasteiger partial charge in [0.05, 0.1) is 5.60 Å². The molecule has 0 amide bonds. The van der Waals surface area contributed by atoms with Gasteiger partial charge in [-0.3, -0.25) is 0 Å². The molecule has 2 heteroatoms. The van der Waals surface area contributed by atoms with Gasteiger partial charge < -0.3 is 10.4 Å². The summed E-state index contributed by atoms with van der Waals surface area (Å²) in [5.74, 6) is 0.362. The monoisotopic (exact) mass is 281 g/mol. The predicted molar refractivity (Wildman–Crippen MR) is 86.2 cm³/mol. The van der Waals surface area contributed by atoms with Crippen molar-refractivity contribution in [2.24, 2.45) is 5.92 Å². The van der Waals surface area contributed by atoms with Gasteiger partial charge in [0.15, 0.2) is 0 Å². The van der Waals surface area contributed by atoms with Gasteiger partial charge in [0.2, 0.25) is 0 Å². The van der Waals surface area contributed by atoms with Gasteiger partial charge in [0.25, 0.3) is 0 Å². The summed E-state index contributed by atoms with van der Waals surface area (Å²) < 4.78 is 0. The molecule has 1 aliphatic heterocycles. The lowest BCUT2D eigenvalue weighted by atomic mass is 9.67. The Morgan fingerprint density at radius 2 is 1.86 bits per heavy atom. The Kier molecular flexibility index (Phi) is 3.24. The first-order valence-electron chi connectivity index (χ1n) is 8.21. The van der Waals surface area contributed by atoms with Crippen molar-refractivity contribution in [3.63, 3.8) is 0 Å². The number of aliphatic hydroxyl groups is 1. The SMILES string of the molecule is O[C@]12CCCC[C@@H]1[C@@H](c1ccc3ccccc3c1)NCC2. The molecule has 0 bridgehead atoms. The van der Waals surface area contributed by atoms with E-state index in [1.807, 2.05) is 0 Å². The molecular formula is C19H23NO. The second-order valence-electron chi connectivity index (χ2n) is 6.74. The Labute approximate surface area is 126 Å². The first-order chi connectivity index (χ1) is 10.3. The van der Waals surface area contributed by atoms with Crippen LogP contribution in [0.2, 0.25) is 0 Å². The number of hydrogen-bond donors (Lipinski definition) is 2. The molecule has 3 atom stereocenters. The highest BCUT2D eigenvalue weighted by atomic mass is 16.3. The van der Waals surface area contributed by atoms with E-state index in [9.17, 15) is 5.11 Å². The highest BCUT2D eigenvalue weighted by molar-refractivity contribution is 5.83. The van der Waals surface area contributed by atoms with Crippen LogP contribution in [0.1, 0.15) is 43.7 Å². The third kappa shape index (κ3) is 2.27. The molecule has 2 fully saturated rings. The van der Waals surface area contributed by atoms with E-state index in [1.165, 1.54) is 29.2 Å². The molecule has 2 nitrogen and oxygen atoms in total. The molecule has 2 aromatic carbocycles. The van der Waals surface area contributed by atoms with Crippen molar-refractivity contribution in [1.29, 1.82) is 0 Å². The zero-order chi connectivity index (χ0) is 14.3. The van der Waals surface area contributed by atoms with E-state index in [1.54, 1.807) is 0 Å². The fraction of sp³-hybridized carbons (Fsp3) is 0.474. The van der Waals surface area contributed by atoms with Gasteiger partial charge in [0, 0.05) is 12.0 Å². The van der Waals surface area contributed by atoms with Crippen molar-refractivity contribution >= 4 is 10.8 Å². The first-order valence-corrected chi connectivity index (χ1v) is 8.21. The molecule has 1 heterocycles. The number of fused-ring (bicyclic) bond motifs is 2. The van der Waals surface area contributed by atoms with E-state index in [2.05, 4.69) is 47.8 Å². The maximum atomic E-state index is 11.0. The maximum Gasteiger partial charge on any atom is 0.0706 e. The second kappa shape index (κ2) is 5.11. The van der Waals surface area contributed by atoms with Crippen molar-refractivity contribution < 1.29 is 5.11 Å². The van der Waals surface area contributed by atoms with Crippen LogP contribution in [0.4, 0.5) is 0 Å². The molecule has 0 radical (unpaired) electrons. The van der Waals surface area contributed by atoms with Crippen LogP contribution in [0.25, 0.3) is 10.8 Å². The average molecular weight is 281 g/mol. The van der Waals surface area contributed by atoms with Crippen LogP contribution in [0, 0.1) is 5.92 Å². The lowest BCUT2D eigenvalue weighted by molar-refractivity contribution is -0.0861. The number of nitrogens with one attached hydrogen (secondary N) is 1. The van der Waals surface area contributed by atoms with Crippen molar-refractivity contribution in [3.05, 3.63) is 48.0 Å². The zero-order valence-corrected chi connectivity index (χ0v) is 12.4. The third-order valence-corrected chi connectivity index (χ3v) is 5.52. The molecule has 1 saturated carbocycles. The van der Waals surface area contributed by atoms with Crippen LogP contribution in [0.5, 0.6) is 0 Å². The van der Waals surface area contributed by atoms with Gasteiger partial charge >= 0.3 is 0 Å². The molecule has 21 heavy (non-hydrogen) atoms. The van der Waals surface area contributed by atoms with Gasteiger partial charge in [0.1, 0.15) is 0 Å². The van der Waals surface area contributed by atoms with E-state index in [-0.39, 0.29) is 0 Å². The molecule has 0 unspecified atom stereocenters. The normalized spacial score (nSPS) is 32.8. The van der Waals surface area contributed by atoms with Crippen LogP contribution in [-0.4, -0.2) is 17.3 Å². The molecule has 110 valence electrons. The third-order valence-electron chi connectivity index (χ3n) is 5.52. The lowest BCUT2D eigenvalue weighted by Gasteiger charge is -2.48. The molecule has 2 N–H and O–H groups in total. The molecule has 2 aliphatic rings. The van der Waals surface area contributed by atoms with E-state index in [4.69, 9.17) is 0 Å². The Morgan fingerprint density at radius 3 is 2.76 bits per heavy atom. The Balaban J connectivity index is 1.72. The van der Waals surface area contributed by atoms with Gasteiger partial charge in [-0.1, -0.05) is 49.2 Å². The summed E-state index contributed by atoms with van der Waals surface area (Å²) in [7, 11) is 0. The van der Waals surface area contributed by atoms with E-state index >= 15 is 0 Å². The first kappa shape index (κ1) is 13.3. The van der Waals surface area contributed by atoms with E-state index in [0.717, 1.165) is 25.8 Å². The quantitative estimate of drug-likeness (QED) is 0.833. The van der Waals surface area contributed by atoms with E-state index < -0.39 is 5.60 Å². The van der Waals surface area contributed by atoms with Gasteiger partial charge in [-0.2, -0.15) is 0 Å².